The maximum Gasteiger partial charge on any atom is 0.124 e. The Labute approximate surface area is 133 Å². The Morgan fingerprint density at radius 1 is 1.22 bits per heavy atom. The molecule has 6 heteroatoms. The van der Waals surface area contributed by atoms with Gasteiger partial charge < -0.3 is 5.11 Å². The molecule has 1 aromatic carbocycles. The summed E-state index contributed by atoms with van der Waals surface area (Å²) in [4.78, 5) is 0. The molecular weight excluding hydrogens is 451 g/mol. The van der Waals surface area contributed by atoms with Crippen LogP contribution in [-0.4, -0.2) is 5.11 Å². The summed E-state index contributed by atoms with van der Waals surface area (Å²) in [6.07, 6.45) is -0.188. The smallest absolute Gasteiger partial charge is 0.124 e. The van der Waals surface area contributed by atoms with Crippen LogP contribution in [0.3, 0.4) is 0 Å². The molecule has 1 aromatic heterocycles. The molecule has 18 heavy (non-hydrogen) atoms. The number of thiophene rings is 1. The molecule has 1 heterocycles. The average molecular weight is 459 g/mol. The van der Waals surface area contributed by atoms with Gasteiger partial charge in [-0.25, -0.2) is 4.39 Å². The Hall–Kier alpha value is 0.250. The van der Waals surface area contributed by atoms with Crippen molar-refractivity contribution >= 4 is 59.1 Å². The van der Waals surface area contributed by atoms with Crippen LogP contribution in [0.25, 0.3) is 0 Å². The third-order valence-electron chi connectivity index (χ3n) is 2.47. The highest BCUT2D eigenvalue weighted by Gasteiger charge is 2.16. The van der Waals surface area contributed by atoms with Gasteiger partial charge in [0.2, 0.25) is 0 Å². The first-order chi connectivity index (χ1) is 8.47. The topological polar surface area (TPSA) is 20.2 Å². The van der Waals surface area contributed by atoms with Gasteiger partial charge in [0.1, 0.15) is 5.82 Å². The molecule has 2 rings (SSSR count). The van der Waals surface area contributed by atoms with Crippen molar-refractivity contribution < 1.29 is 9.50 Å². The molecule has 1 nitrogen and oxygen atoms in total. The van der Waals surface area contributed by atoms with Crippen molar-refractivity contribution in [3.8, 4) is 0 Å². The molecule has 0 saturated heterocycles. The third kappa shape index (κ3) is 3.42. The maximum absolute atomic E-state index is 13.0. The zero-order chi connectivity index (χ0) is 13.3. The highest BCUT2D eigenvalue weighted by Crippen LogP contribution is 2.37. The molecule has 0 amide bonds. The molecule has 0 saturated carbocycles. The van der Waals surface area contributed by atoms with Crippen LogP contribution in [0, 0.1) is 5.82 Å². The van der Waals surface area contributed by atoms with Gasteiger partial charge in [-0.1, -0.05) is 22.0 Å². The van der Waals surface area contributed by atoms with E-state index in [2.05, 4.69) is 47.8 Å². The lowest BCUT2D eigenvalue weighted by Crippen LogP contribution is -2.02. The standard InChI is InChI=1S/C12H8Br3FOS/c13-9-4-7(16)2-1-6(9)3-10(17)8-5-11(14)18-12(8)15/h1-2,4-5,10,17H,3H2. The lowest BCUT2D eigenvalue weighted by molar-refractivity contribution is 0.178. The highest BCUT2D eigenvalue weighted by molar-refractivity contribution is 9.12. The van der Waals surface area contributed by atoms with Gasteiger partial charge in [0.15, 0.2) is 0 Å². The average Bonchev–Trinajstić information content (AvgIpc) is 2.62. The molecule has 1 atom stereocenters. The van der Waals surface area contributed by atoms with Crippen molar-refractivity contribution in [3.63, 3.8) is 0 Å². The molecular formula is C12H8Br3FOS. The summed E-state index contributed by atoms with van der Waals surface area (Å²) in [5.41, 5.74) is 1.71. The Kier molecular flexibility index (Phi) is 4.99. The number of aliphatic hydroxyl groups is 1. The first-order valence-electron chi connectivity index (χ1n) is 5.04. The quantitative estimate of drug-likeness (QED) is 0.648. The van der Waals surface area contributed by atoms with Crippen LogP contribution in [0.1, 0.15) is 17.2 Å². The van der Waals surface area contributed by atoms with E-state index in [4.69, 9.17) is 0 Å². The lowest BCUT2D eigenvalue weighted by Gasteiger charge is -2.11. The summed E-state index contributed by atoms with van der Waals surface area (Å²) in [5, 5.41) is 10.2. The summed E-state index contributed by atoms with van der Waals surface area (Å²) in [5.74, 6) is -0.292. The number of halogens is 4. The number of hydrogen-bond donors (Lipinski definition) is 1. The molecule has 0 fully saturated rings. The third-order valence-corrected chi connectivity index (χ3v) is 5.59. The molecule has 2 aromatic rings. The largest absolute Gasteiger partial charge is 0.388 e. The summed E-state index contributed by atoms with van der Waals surface area (Å²) in [6, 6.07) is 6.36. The van der Waals surface area contributed by atoms with Crippen LogP contribution in [-0.2, 0) is 6.42 Å². The number of hydrogen-bond acceptors (Lipinski definition) is 2. The summed E-state index contributed by atoms with van der Waals surface area (Å²) >= 11 is 11.6. The Morgan fingerprint density at radius 2 is 1.94 bits per heavy atom. The zero-order valence-electron chi connectivity index (χ0n) is 8.96. The fraction of sp³-hybridized carbons (Fsp3) is 0.167. The first kappa shape index (κ1) is 14.7. The molecule has 0 spiro atoms. The molecule has 0 radical (unpaired) electrons. The molecule has 1 N–H and O–H groups in total. The van der Waals surface area contributed by atoms with E-state index in [1.807, 2.05) is 6.07 Å². The Morgan fingerprint density at radius 3 is 2.50 bits per heavy atom. The van der Waals surface area contributed by atoms with E-state index in [1.54, 1.807) is 6.07 Å². The van der Waals surface area contributed by atoms with Crippen LogP contribution in [0.2, 0.25) is 0 Å². The minimum Gasteiger partial charge on any atom is -0.388 e. The van der Waals surface area contributed by atoms with Gasteiger partial charge in [-0.05, 0) is 55.6 Å². The maximum atomic E-state index is 13.0. The predicted octanol–water partition coefficient (Wildman–Crippen LogP) is 5.45. The Balaban J connectivity index is 2.21. The van der Waals surface area contributed by atoms with Gasteiger partial charge in [-0.2, -0.15) is 0 Å². The van der Waals surface area contributed by atoms with E-state index in [1.165, 1.54) is 23.5 Å². The van der Waals surface area contributed by atoms with E-state index < -0.39 is 6.10 Å². The van der Waals surface area contributed by atoms with E-state index in [9.17, 15) is 9.50 Å². The molecule has 1 unspecified atom stereocenters. The zero-order valence-corrected chi connectivity index (χ0v) is 14.5. The van der Waals surface area contributed by atoms with Crippen LogP contribution in [0.15, 0.2) is 36.3 Å². The molecule has 0 bridgehead atoms. The number of aliphatic hydroxyl groups excluding tert-OH is 1. The van der Waals surface area contributed by atoms with Gasteiger partial charge in [0, 0.05) is 16.5 Å². The minimum absolute atomic E-state index is 0.292. The first-order valence-corrected chi connectivity index (χ1v) is 8.23. The summed E-state index contributed by atoms with van der Waals surface area (Å²) < 4.78 is 15.5. The normalized spacial score (nSPS) is 12.7. The van der Waals surface area contributed by atoms with Crippen LogP contribution >= 0.6 is 59.1 Å². The minimum atomic E-state index is -0.622. The van der Waals surface area contributed by atoms with Crippen molar-refractivity contribution in [2.24, 2.45) is 0 Å². The summed E-state index contributed by atoms with van der Waals surface area (Å²) in [6.45, 7) is 0. The second-order valence-electron chi connectivity index (χ2n) is 3.74. The highest BCUT2D eigenvalue weighted by atomic mass is 79.9. The fourth-order valence-electron chi connectivity index (χ4n) is 1.59. The van der Waals surface area contributed by atoms with Gasteiger partial charge in [0.25, 0.3) is 0 Å². The van der Waals surface area contributed by atoms with Crippen LogP contribution < -0.4 is 0 Å². The van der Waals surface area contributed by atoms with Crippen molar-refractivity contribution in [1.29, 1.82) is 0 Å². The molecule has 96 valence electrons. The van der Waals surface area contributed by atoms with Crippen molar-refractivity contribution in [2.75, 3.05) is 0 Å². The van der Waals surface area contributed by atoms with E-state index in [0.717, 1.165) is 18.7 Å². The van der Waals surface area contributed by atoms with E-state index in [-0.39, 0.29) is 5.82 Å². The SMILES string of the molecule is OC(Cc1ccc(F)cc1Br)c1cc(Br)sc1Br. The van der Waals surface area contributed by atoms with Crippen molar-refractivity contribution in [3.05, 3.63) is 53.3 Å². The van der Waals surface area contributed by atoms with Gasteiger partial charge in [-0.15, -0.1) is 11.3 Å². The monoisotopic (exact) mass is 456 g/mol. The Bertz CT molecular complexity index is 570. The van der Waals surface area contributed by atoms with Crippen LogP contribution in [0.4, 0.5) is 4.39 Å². The predicted molar refractivity (Wildman–Crippen MR) is 82.5 cm³/mol. The van der Waals surface area contributed by atoms with Crippen molar-refractivity contribution in [2.45, 2.75) is 12.5 Å². The molecule has 0 aliphatic rings. The second-order valence-corrected chi connectivity index (χ2v) is 8.34. The second kappa shape index (κ2) is 6.13. The van der Waals surface area contributed by atoms with Gasteiger partial charge in [-0.3, -0.25) is 0 Å². The molecule has 0 aliphatic heterocycles. The summed E-state index contributed by atoms with van der Waals surface area (Å²) in [7, 11) is 0. The van der Waals surface area contributed by atoms with E-state index >= 15 is 0 Å². The van der Waals surface area contributed by atoms with Crippen molar-refractivity contribution in [1.82, 2.24) is 0 Å². The number of rotatable bonds is 3. The van der Waals surface area contributed by atoms with Crippen LogP contribution in [0.5, 0.6) is 0 Å². The van der Waals surface area contributed by atoms with Gasteiger partial charge >= 0.3 is 0 Å². The fourth-order valence-corrected chi connectivity index (χ4v) is 5.05. The number of benzene rings is 1. The van der Waals surface area contributed by atoms with Gasteiger partial charge in [0.05, 0.1) is 13.7 Å². The van der Waals surface area contributed by atoms with E-state index in [0.29, 0.717) is 10.9 Å². The lowest BCUT2D eigenvalue weighted by atomic mass is 10.0. The molecule has 0 aliphatic carbocycles.